The molecule has 1 aromatic heterocycles. The predicted molar refractivity (Wildman–Crippen MR) is 73.9 cm³/mol. The second kappa shape index (κ2) is 6.88. The van der Waals surface area contributed by atoms with Crippen LogP contribution in [0.1, 0.15) is 11.1 Å². The maximum absolute atomic E-state index is 13.2. The summed E-state index contributed by atoms with van der Waals surface area (Å²) in [7, 11) is 0. The van der Waals surface area contributed by atoms with Gasteiger partial charge >= 0.3 is 0 Å². The van der Waals surface area contributed by atoms with Crippen LogP contribution in [0, 0.1) is 17.7 Å². The van der Waals surface area contributed by atoms with E-state index in [1.165, 1.54) is 23.9 Å². The van der Waals surface area contributed by atoms with E-state index in [-0.39, 0.29) is 12.4 Å². The number of rotatable bonds is 3. The molecule has 0 aliphatic carbocycles. The van der Waals surface area contributed by atoms with Crippen LogP contribution in [0.4, 0.5) is 4.39 Å². The summed E-state index contributed by atoms with van der Waals surface area (Å²) in [6.45, 7) is 0.257. The molecule has 3 nitrogen and oxygen atoms in total. The Labute approximate surface area is 115 Å². The number of nitrogens with zero attached hydrogens (tertiary/aromatic N) is 2. The number of thioether (sulfide) groups is 1. The summed E-state index contributed by atoms with van der Waals surface area (Å²) in [5.74, 6) is 5.99. The molecular weight excluding hydrogens is 261 g/mol. The van der Waals surface area contributed by atoms with Gasteiger partial charge in [-0.05, 0) is 17.7 Å². The molecular formula is C14H12FN3S. The highest BCUT2D eigenvalue weighted by Gasteiger charge is 2.04. The highest BCUT2D eigenvalue weighted by molar-refractivity contribution is 7.98. The first-order chi connectivity index (χ1) is 9.29. The van der Waals surface area contributed by atoms with Gasteiger partial charge in [0.05, 0.1) is 12.7 Å². The first-order valence-electron chi connectivity index (χ1n) is 5.66. The van der Waals surface area contributed by atoms with E-state index >= 15 is 0 Å². The minimum Gasteiger partial charge on any atom is -0.320 e. The zero-order chi connectivity index (χ0) is 13.5. The summed E-state index contributed by atoms with van der Waals surface area (Å²) in [6.07, 6.45) is 4.96. The minimum absolute atomic E-state index is 0.257. The van der Waals surface area contributed by atoms with Crippen LogP contribution in [0.3, 0.4) is 0 Å². The molecule has 0 radical (unpaired) electrons. The van der Waals surface area contributed by atoms with Gasteiger partial charge in [-0.3, -0.25) is 4.98 Å². The van der Waals surface area contributed by atoms with E-state index in [0.717, 1.165) is 10.6 Å². The lowest BCUT2D eigenvalue weighted by Gasteiger charge is -2.04. The molecule has 0 bridgehead atoms. The third-order valence-corrected chi connectivity index (χ3v) is 3.27. The van der Waals surface area contributed by atoms with Gasteiger partial charge in [0.25, 0.3) is 0 Å². The second-order valence-electron chi connectivity index (χ2n) is 3.64. The maximum atomic E-state index is 13.2. The summed E-state index contributed by atoms with van der Waals surface area (Å²) < 4.78 is 13.2. The van der Waals surface area contributed by atoms with Gasteiger partial charge in [0, 0.05) is 23.7 Å². The van der Waals surface area contributed by atoms with E-state index in [2.05, 4.69) is 21.8 Å². The summed E-state index contributed by atoms with van der Waals surface area (Å²) >= 11 is 1.53. The predicted octanol–water partition coefficient (Wildman–Crippen LogP) is 2.22. The van der Waals surface area contributed by atoms with Crippen LogP contribution in [-0.4, -0.2) is 16.5 Å². The van der Waals surface area contributed by atoms with Crippen LogP contribution in [0.15, 0.2) is 41.8 Å². The fourth-order valence-corrected chi connectivity index (χ4v) is 2.27. The van der Waals surface area contributed by atoms with Crippen molar-refractivity contribution in [1.82, 2.24) is 9.97 Å². The normalized spacial score (nSPS) is 9.79. The fraction of sp³-hybridized carbons (Fsp3) is 0.143. The van der Waals surface area contributed by atoms with E-state index in [1.807, 2.05) is 0 Å². The van der Waals surface area contributed by atoms with Crippen molar-refractivity contribution in [2.75, 3.05) is 6.54 Å². The lowest BCUT2D eigenvalue weighted by Crippen LogP contribution is -1.95. The third kappa shape index (κ3) is 4.05. The maximum Gasteiger partial charge on any atom is 0.124 e. The van der Waals surface area contributed by atoms with Gasteiger partial charge in [-0.1, -0.05) is 17.9 Å². The fourth-order valence-electron chi connectivity index (χ4n) is 1.45. The molecule has 0 amide bonds. The molecule has 19 heavy (non-hydrogen) atoms. The number of benzene rings is 1. The molecule has 0 saturated heterocycles. The smallest absolute Gasteiger partial charge is 0.124 e. The van der Waals surface area contributed by atoms with Gasteiger partial charge in [0.15, 0.2) is 0 Å². The Bertz CT molecular complexity index is 605. The zero-order valence-electron chi connectivity index (χ0n) is 10.1. The molecule has 0 spiro atoms. The summed E-state index contributed by atoms with van der Waals surface area (Å²) in [6, 6.07) is 4.59. The molecule has 2 rings (SSSR count). The number of halogens is 1. The standard InChI is InChI=1S/C14H12FN3S/c15-13-4-3-12(11(8-13)2-1-5-16)10-19-14-9-17-6-7-18-14/h3-4,6-9H,5,10,16H2. The number of hydrogen-bond donors (Lipinski definition) is 1. The third-order valence-electron chi connectivity index (χ3n) is 2.31. The van der Waals surface area contributed by atoms with Crippen LogP contribution in [0.2, 0.25) is 0 Å². The Morgan fingerprint density at radius 1 is 1.32 bits per heavy atom. The summed E-state index contributed by atoms with van der Waals surface area (Å²) in [5.41, 5.74) is 6.96. The lowest BCUT2D eigenvalue weighted by molar-refractivity contribution is 0.627. The quantitative estimate of drug-likeness (QED) is 0.688. The number of aromatic nitrogens is 2. The van der Waals surface area contributed by atoms with Crippen LogP contribution in [0.5, 0.6) is 0 Å². The molecule has 5 heteroatoms. The average Bonchev–Trinajstić information content (AvgIpc) is 2.45. The molecule has 2 aromatic rings. The van der Waals surface area contributed by atoms with Gasteiger partial charge in [0.1, 0.15) is 10.8 Å². The molecule has 1 aromatic carbocycles. The molecule has 96 valence electrons. The average molecular weight is 273 g/mol. The van der Waals surface area contributed by atoms with Gasteiger partial charge in [0.2, 0.25) is 0 Å². The van der Waals surface area contributed by atoms with Crippen molar-refractivity contribution in [1.29, 1.82) is 0 Å². The van der Waals surface area contributed by atoms with Crippen LogP contribution in [-0.2, 0) is 5.75 Å². The molecule has 1 heterocycles. The van der Waals surface area contributed by atoms with Crippen molar-refractivity contribution in [3.8, 4) is 11.8 Å². The Morgan fingerprint density at radius 3 is 2.95 bits per heavy atom. The SMILES string of the molecule is NCC#Cc1cc(F)ccc1CSc1cnccn1. The topological polar surface area (TPSA) is 51.8 Å². The van der Waals surface area contributed by atoms with E-state index in [4.69, 9.17) is 5.73 Å². The van der Waals surface area contributed by atoms with E-state index in [1.54, 1.807) is 24.7 Å². The van der Waals surface area contributed by atoms with Gasteiger partial charge in [-0.25, -0.2) is 9.37 Å². The molecule has 0 unspecified atom stereocenters. The van der Waals surface area contributed by atoms with E-state index < -0.39 is 0 Å². The van der Waals surface area contributed by atoms with Crippen molar-refractivity contribution in [3.05, 3.63) is 53.7 Å². The van der Waals surface area contributed by atoms with Crippen LogP contribution in [0.25, 0.3) is 0 Å². The van der Waals surface area contributed by atoms with Crippen molar-refractivity contribution in [2.45, 2.75) is 10.8 Å². The van der Waals surface area contributed by atoms with Crippen molar-refractivity contribution in [2.24, 2.45) is 5.73 Å². The Kier molecular flexibility index (Phi) is 4.90. The van der Waals surface area contributed by atoms with Crippen molar-refractivity contribution in [3.63, 3.8) is 0 Å². The van der Waals surface area contributed by atoms with Gasteiger partial charge in [-0.2, -0.15) is 0 Å². The zero-order valence-corrected chi connectivity index (χ0v) is 11.0. The molecule has 0 fully saturated rings. The van der Waals surface area contributed by atoms with Crippen molar-refractivity contribution >= 4 is 11.8 Å². The van der Waals surface area contributed by atoms with Crippen LogP contribution >= 0.6 is 11.8 Å². The monoisotopic (exact) mass is 273 g/mol. The van der Waals surface area contributed by atoms with Gasteiger partial charge < -0.3 is 5.73 Å². The van der Waals surface area contributed by atoms with E-state index in [0.29, 0.717) is 11.3 Å². The highest BCUT2D eigenvalue weighted by atomic mass is 32.2. The highest BCUT2D eigenvalue weighted by Crippen LogP contribution is 2.22. The Hall–Kier alpha value is -1.90. The molecule has 2 N–H and O–H groups in total. The number of nitrogens with two attached hydrogens (primary N) is 1. The Morgan fingerprint density at radius 2 is 2.21 bits per heavy atom. The molecule has 0 atom stereocenters. The molecule has 0 aliphatic rings. The minimum atomic E-state index is -0.297. The van der Waals surface area contributed by atoms with Crippen LogP contribution < -0.4 is 5.73 Å². The first kappa shape index (κ1) is 13.5. The van der Waals surface area contributed by atoms with Crippen molar-refractivity contribution < 1.29 is 4.39 Å². The lowest BCUT2D eigenvalue weighted by atomic mass is 10.1. The second-order valence-corrected chi connectivity index (χ2v) is 4.64. The molecule has 0 saturated carbocycles. The first-order valence-corrected chi connectivity index (χ1v) is 6.64. The van der Waals surface area contributed by atoms with E-state index in [9.17, 15) is 4.39 Å². The largest absolute Gasteiger partial charge is 0.320 e. The summed E-state index contributed by atoms with van der Waals surface area (Å²) in [4.78, 5) is 8.17. The Balaban J connectivity index is 2.15. The molecule has 0 aliphatic heterocycles. The number of hydrogen-bond acceptors (Lipinski definition) is 4. The van der Waals surface area contributed by atoms with Gasteiger partial charge in [-0.15, -0.1) is 11.8 Å². The summed E-state index contributed by atoms with van der Waals surface area (Å²) in [5, 5.41) is 0.824.